The Morgan fingerprint density at radius 1 is 1.03 bits per heavy atom. The van der Waals surface area contributed by atoms with Gasteiger partial charge in [-0.1, -0.05) is 0 Å². The van der Waals surface area contributed by atoms with Crippen molar-refractivity contribution in [2.75, 3.05) is 42.9 Å². The molecule has 0 radical (unpaired) electrons. The van der Waals surface area contributed by atoms with Gasteiger partial charge in [0.1, 0.15) is 0 Å². The highest BCUT2D eigenvalue weighted by atomic mass is 32.2. The molecular formula is C23H39N3O3S. The smallest absolute Gasteiger partial charge is 0.219 e. The van der Waals surface area contributed by atoms with Crippen LogP contribution in [0.2, 0.25) is 0 Å². The van der Waals surface area contributed by atoms with Gasteiger partial charge in [0.2, 0.25) is 10.0 Å². The first kappa shape index (κ1) is 23.4. The Labute approximate surface area is 183 Å². The Bertz CT molecular complexity index is 771. The Morgan fingerprint density at radius 3 is 2.13 bits per heavy atom. The number of anilines is 2. The minimum absolute atomic E-state index is 0.261. The number of piperidine rings is 1. The molecule has 1 aromatic carbocycles. The van der Waals surface area contributed by atoms with E-state index in [4.69, 9.17) is 4.74 Å². The van der Waals surface area contributed by atoms with Crippen molar-refractivity contribution in [1.29, 1.82) is 0 Å². The molecule has 2 heterocycles. The fourth-order valence-corrected chi connectivity index (χ4v) is 5.89. The normalized spacial score (nSPS) is 24.8. The third-order valence-corrected chi connectivity index (χ3v) is 8.81. The van der Waals surface area contributed by atoms with Gasteiger partial charge in [0, 0.05) is 44.1 Å². The molecule has 0 aliphatic carbocycles. The zero-order chi connectivity index (χ0) is 21.9. The summed E-state index contributed by atoms with van der Waals surface area (Å²) in [7, 11) is -3.20. The molecule has 170 valence electrons. The van der Waals surface area contributed by atoms with Gasteiger partial charge in [-0.05, 0) is 84.1 Å². The third kappa shape index (κ3) is 5.68. The molecule has 3 rings (SSSR count). The summed E-state index contributed by atoms with van der Waals surface area (Å²) >= 11 is 0. The average molecular weight is 438 g/mol. The van der Waals surface area contributed by atoms with E-state index in [0.717, 1.165) is 44.6 Å². The number of morpholine rings is 1. The monoisotopic (exact) mass is 437 g/mol. The molecule has 1 aromatic rings. The van der Waals surface area contributed by atoms with E-state index >= 15 is 0 Å². The number of nitrogens with one attached hydrogen (secondary N) is 1. The minimum atomic E-state index is -3.20. The van der Waals surface area contributed by atoms with E-state index in [2.05, 4.69) is 48.3 Å². The van der Waals surface area contributed by atoms with Crippen molar-refractivity contribution in [3.63, 3.8) is 0 Å². The minimum Gasteiger partial charge on any atom is -0.385 e. The zero-order valence-corrected chi connectivity index (χ0v) is 20.0. The summed E-state index contributed by atoms with van der Waals surface area (Å²) in [4.78, 5) is 2.39. The average Bonchev–Trinajstić information content (AvgIpc) is 2.67. The van der Waals surface area contributed by atoms with Crippen LogP contribution in [0.5, 0.6) is 0 Å². The fraction of sp³-hybridized carbons (Fsp3) is 0.739. The highest BCUT2D eigenvalue weighted by molar-refractivity contribution is 7.90. The molecule has 6 nitrogen and oxygen atoms in total. The molecule has 1 N–H and O–H groups in total. The van der Waals surface area contributed by atoms with Crippen molar-refractivity contribution >= 4 is 21.4 Å². The van der Waals surface area contributed by atoms with Crippen LogP contribution in [0.3, 0.4) is 0 Å². The number of nitrogens with zero attached hydrogens (tertiary/aromatic N) is 2. The van der Waals surface area contributed by atoms with Crippen LogP contribution in [0.4, 0.5) is 11.4 Å². The first-order valence-corrected chi connectivity index (χ1v) is 12.7. The first-order valence-electron chi connectivity index (χ1n) is 11.3. The first-order chi connectivity index (χ1) is 14.1. The largest absolute Gasteiger partial charge is 0.385 e. The standard InChI is InChI=1S/C23H39N3O3S/c1-18-16-25(17-19(2)29-18)22-8-6-21(7-9-22)24-13-10-20-11-14-26(15-12-20)30(27,28)23(3,4)5/h6-9,18-20,24H,10-17H2,1-5H3. The van der Waals surface area contributed by atoms with Crippen LogP contribution in [-0.4, -0.2) is 62.4 Å². The Kier molecular flexibility index (Phi) is 7.36. The molecule has 0 saturated carbocycles. The van der Waals surface area contributed by atoms with E-state index in [1.165, 1.54) is 5.69 Å². The molecule has 2 saturated heterocycles. The van der Waals surface area contributed by atoms with Crippen LogP contribution in [0.1, 0.15) is 53.9 Å². The SMILES string of the molecule is CC1CN(c2ccc(NCCC3CCN(S(=O)(=O)C(C)(C)C)CC3)cc2)CC(C)O1. The second-order valence-electron chi connectivity index (χ2n) is 9.88. The number of sulfonamides is 1. The predicted molar refractivity (Wildman–Crippen MR) is 125 cm³/mol. The van der Waals surface area contributed by atoms with Crippen molar-refractivity contribution in [2.24, 2.45) is 5.92 Å². The van der Waals surface area contributed by atoms with Gasteiger partial charge in [-0.15, -0.1) is 0 Å². The van der Waals surface area contributed by atoms with Crippen LogP contribution < -0.4 is 10.2 Å². The molecule has 2 fully saturated rings. The molecule has 2 atom stereocenters. The number of rotatable bonds is 6. The lowest BCUT2D eigenvalue weighted by atomic mass is 9.95. The van der Waals surface area contributed by atoms with E-state index < -0.39 is 14.8 Å². The molecule has 7 heteroatoms. The topological polar surface area (TPSA) is 61.9 Å². The van der Waals surface area contributed by atoms with Crippen LogP contribution in [0.25, 0.3) is 0 Å². The molecule has 2 aliphatic heterocycles. The summed E-state index contributed by atoms with van der Waals surface area (Å²) < 4.78 is 32.0. The van der Waals surface area contributed by atoms with Gasteiger partial charge in [-0.3, -0.25) is 0 Å². The number of benzene rings is 1. The molecule has 0 bridgehead atoms. The molecule has 30 heavy (non-hydrogen) atoms. The van der Waals surface area contributed by atoms with Gasteiger partial charge in [-0.25, -0.2) is 12.7 Å². The van der Waals surface area contributed by atoms with Gasteiger partial charge < -0.3 is 15.0 Å². The Morgan fingerprint density at radius 2 is 1.60 bits per heavy atom. The number of hydrogen-bond donors (Lipinski definition) is 1. The van der Waals surface area contributed by atoms with Crippen molar-refractivity contribution < 1.29 is 13.2 Å². The maximum atomic E-state index is 12.6. The maximum Gasteiger partial charge on any atom is 0.219 e. The molecule has 0 spiro atoms. The van der Waals surface area contributed by atoms with Crippen molar-refractivity contribution in [3.05, 3.63) is 24.3 Å². The quantitative estimate of drug-likeness (QED) is 0.730. The lowest BCUT2D eigenvalue weighted by Gasteiger charge is -2.37. The molecular weight excluding hydrogens is 398 g/mol. The van der Waals surface area contributed by atoms with Gasteiger partial charge in [0.15, 0.2) is 0 Å². The molecule has 0 amide bonds. The molecule has 2 aliphatic rings. The van der Waals surface area contributed by atoms with Crippen molar-refractivity contribution in [2.45, 2.75) is 70.8 Å². The summed E-state index contributed by atoms with van der Waals surface area (Å²) in [6.45, 7) is 13.7. The highest BCUT2D eigenvalue weighted by Gasteiger charge is 2.37. The van der Waals surface area contributed by atoms with E-state index in [1.54, 1.807) is 25.1 Å². The predicted octanol–water partition coefficient (Wildman–Crippen LogP) is 3.94. The van der Waals surface area contributed by atoms with Gasteiger partial charge in [0.25, 0.3) is 0 Å². The fourth-order valence-electron chi connectivity index (χ4n) is 4.43. The van der Waals surface area contributed by atoms with E-state index in [9.17, 15) is 8.42 Å². The highest BCUT2D eigenvalue weighted by Crippen LogP contribution is 2.28. The lowest BCUT2D eigenvalue weighted by Crippen LogP contribution is -2.46. The van der Waals surface area contributed by atoms with Crippen LogP contribution in [-0.2, 0) is 14.8 Å². The summed E-state index contributed by atoms with van der Waals surface area (Å²) in [6, 6.07) is 8.67. The maximum absolute atomic E-state index is 12.6. The van der Waals surface area contributed by atoms with Crippen LogP contribution in [0, 0.1) is 5.92 Å². The van der Waals surface area contributed by atoms with Crippen LogP contribution >= 0.6 is 0 Å². The van der Waals surface area contributed by atoms with Crippen molar-refractivity contribution in [3.8, 4) is 0 Å². The zero-order valence-electron chi connectivity index (χ0n) is 19.2. The van der Waals surface area contributed by atoms with Crippen molar-refractivity contribution in [1.82, 2.24) is 4.31 Å². The number of hydrogen-bond acceptors (Lipinski definition) is 5. The summed E-state index contributed by atoms with van der Waals surface area (Å²) in [6.07, 6.45) is 3.49. The second kappa shape index (κ2) is 9.45. The van der Waals surface area contributed by atoms with Gasteiger partial charge in [0.05, 0.1) is 17.0 Å². The van der Waals surface area contributed by atoms with Gasteiger partial charge >= 0.3 is 0 Å². The lowest BCUT2D eigenvalue weighted by molar-refractivity contribution is -0.00521. The van der Waals surface area contributed by atoms with Gasteiger partial charge in [-0.2, -0.15) is 0 Å². The Hall–Kier alpha value is -1.31. The molecule has 2 unspecified atom stereocenters. The summed E-state index contributed by atoms with van der Waals surface area (Å²) in [5, 5.41) is 3.53. The second-order valence-corrected chi connectivity index (χ2v) is 12.6. The third-order valence-electron chi connectivity index (χ3n) is 6.22. The summed E-state index contributed by atoms with van der Waals surface area (Å²) in [5.41, 5.74) is 2.39. The number of ether oxygens (including phenoxy) is 1. The Balaban J connectivity index is 1.42. The summed E-state index contributed by atoms with van der Waals surface area (Å²) in [5.74, 6) is 0.583. The van der Waals surface area contributed by atoms with Crippen LogP contribution in [0.15, 0.2) is 24.3 Å². The van der Waals surface area contributed by atoms with E-state index in [1.807, 2.05) is 0 Å². The molecule has 0 aromatic heterocycles. The van der Waals surface area contributed by atoms with E-state index in [-0.39, 0.29) is 12.2 Å². The van der Waals surface area contributed by atoms with E-state index in [0.29, 0.717) is 19.0 Å².